The van der Waals surface area contributed by atoms with Crippen LogP contribution in [-0.2, 0) is 10.0 Å². The van der Waals surface area contributed by atoms with E-state index in [1.807, 2.05) is 21.8 Å². The van der Waals surface area contributed by atoms with Gasteiger partial charge in [0.1, 0.15) is 5.69 Å². The van der Waals surface area contributed by atoms with Gasteiger partial charge < -0.3 is 4.90 Å². The fourth-order valence-electron chi connectivity index (χ4n) is 2.34. The monoisotopic (exact) mass is 440 g/mol. The Morgan fingerprint density at radius 3 is 2.32 bits per heavy atom. The molecule has 1 N–H and O–H groups in total. The minimum Gasteiger partial charge on any atom is -0.317 e. The lowest BCUT2D eigenvalue weighted by molar-refractivity contribution is 0.0977. The summed E-state index contributed by atoms with van der Waals surface area (Å²) < 4.78 is 24.7. The Morgan fingerprint density at radius 2 is 1.82 bits per heavy atom. The maximum absolute atomic E-state index is 12.3. The predicted octanol–water partition coefficient (Wildman–Crippen LogP) is 2.84. The summed E-state index contributed by atoms with van der Waals surface area (Å²) in [5.41, 5.74) is 1.53. The molecule has 0 aliphatic carbocycles. The van der Waals surface area contributed by atoms with E-state index in [4.69, 9.17) is 5.26 Å². The van der Waals surface area contributed by atoms with Crippen LogP contribution in [0.15, 0.2) is 24.3 Å². The number of hydrogen-bond donors (Lipinski definition) is 1. The molecular formula is C18H24N4O3S3. The van der Waals surface area contributed by atoms with E-state index >= 15 is 0 Å². The minimum atomic E-state index is -3.66. The van der Waals surface area contributed by atoms with Crippen molar-refractivity contribution >= 4 is 48.1 Å². The van der Waals surface area contributed by atoms with E-state index in [1.54, 1.807) is 19.1 Å². The molecule has 1 aromatic heterocycles. The van der Waals surface area contributed by atoms with Crippen LogP contribution in [0.1, 0.15) is 20.9 Å². The van der Waals surface area contributed by atoms with E-state index in [2.05, 4.69) is 29.8 Å². The molecule has 0 radical (unpaired) electrons. The largest absolute Gasteiger partial charge is 0.317 e. The van der Waals surface area contributed by atoms with Gasteiger partial charge in [0.15, 0.2) is 5.13 Å². The molecule has 0 bridgehead atoms. The predicted molar refractivity (Wildman–Crippen MR) is 118 cm³/mol. The molecule has 28 heavy (non-hydrogen) atoms. The van der Waals surface area contributed by atoms with Crippen LogP contribution in [0.4, 0.5) is 10.8 Å². The number of nitriles is 1. The van der Waals surface area contributed by atoms with Crippen LogP contribution in [0.25, 0.3) is 0 Å². The number of anilines is 2. The molecule has 10 heteroatoms. The fraction of sp³-hybridized carbons (Fsp3) is 0.389. The van der Waals surface area contributed by atoms with Gasteiger partial charge in [-0.1, -0.05) is 0 Å². The number of benzene rings is 1. The third-order valence-corrected chi connectivity index (χ3v) is 6.70. The molecule has 1 aromatic carbocycles. The van der Waals surface area contributed by atoms with Crippen molar-refractivity contribution in [2.45, 2.75) is 6.92 Å². The number of thiazole rings is 1. The van der Waals surface area contributed by atoms with E-state index < -0.39 is 26.0 Å². The highest BCUT2D eigenvalue weighted by atomic mass is 32.3. The van der Waals surface area contributed by atoms with Crippen LogP contribution >= 0.6 is 21.4 Å². The summed E-state index contributed by atoms with van der Waals surface area (Å²) in [5.74, 6) is 0.222. The van der Waals surface area contributed by atoms with Crippen LogP contribution < -0.4 is 9.62 Å². The second kappa shape index (κ2) is 8.51. The SMILES string of the molecule is Cc1sc(N(CCS(C)(C)C)c2ccc(C#N)cc2)nc1C(=O)NS(C)(=O)=O. The van der Waals surface area contributed by atoms with Gasteiger partial charge in [0.25, 0.3) is 5.91 Å². The molecule has 0 aliphatic rings. The van der Waals surface area contributed by atoms with E-state index in [1.165, 1.54) is 11.3 Å². The summed E-state index contributed by atoms with van der Waals surface area (Å²) in [5, 5.41) is 9.64. The van der Waals surface area contributed by atoms with Crippen molar-refractivity contribution in [3.8, 4) is 6.07 Å². The number of amides is 1. The van der Waals surface area contributed by atoms with Crippen molar-refractivity contribution in [3.05, 3.63) is 40.4 Å². The van der Waals surface area contributed by atoms with Crippen molar-refractivity contribution < 1.29 is 13.2 Å². The van der Waals surface area contributed by atoms with Crippen LogP contribution in [0, 0.1) is 18.3 Å². The van der Waals surface area contributed by atoms with Crippen molar-refractivity contribution in [2.24, 2.45) is 0 Å². The highest BCUT2D eigenvalue weighted by molar-refractivity contribution is 8.32. The summed E-state index contributed by atoms with van der Waals surface area (Å²) in [4.78, 5) is 19.3. The highest BCUT2D eigenvalue weighted by Crippen LogP contribution is 2.37. The Bertz CT molecular complexity index is 1000. The molecule has 2 aromatic rings. The smallest absolute Gasteiger partial charge is 0.284 e. The Balaban J connectivity index is 2.41. The molecule has 0 spiro atoms. The minimum absolute atomic E-state index is 0.104. The maximum Gasteiger partial charge on any atom is 0.284 e. The molecule has 2 rings (SSSR count). The number of rotatable bonds is 7. The number of carbonyl (C=O) groups is 1. The van der Waals surface area contributed by atoms with Crippen molar-refractivity contribution in [3.63, 3.8) is 0 Å². The summed E-state index contributed by atoms with van der Waals surface area (Å²) in [6.45, 7) is 2.44. The molecule has 1 amide bonds. The summed E-state index contributed by atoms with van der Waals surface area (Å²) in [6.07, 6.45) is 7.61. The second-order valence-electron chi connectivity index (χ2n) is 7.21. The van der Waals surface area contributed by atoms with Gasteiger partial charge >= 0.3 is 0 Å². The highest BCUT2D eigenvalue weighted by Gasteiger charge is 2.22. The molecule has 0 atom stereocenters. The Morgan fingerprint density at radius 1 is 1.21 bits per heavy atom. The molecule has 0 saturated heterocycles. The molecule has 0 aliphatic heterocycles. The van der Waals surface area contributed by atoms with Crippen LogP contribution in [0.3, 0.4) is 0 Å². The molecule has 0 fully saturated rings. The standard InChI is InChI=1S/C18H24N4O3S3/c1-13-16(17(23)21-28(5,24)25)20-18(26-13)22(10-11-27(2,3)4)15-8-6-14(12-19)7-9-15/h6-9H,10-11H2,1-5H3,(H,21,23). The average molecular weight is 441 g/mol. The van der Waals surface area contributed by atoms with Gasteiger partial charge in [0.05, 0.1) is 17.9 Å². The number of aryl methyl sites for hydroxylation is 1. The first-order valence-corrected chi connectivity index (χ1v) is 14.1. The zero-order valence-corrected chi connectivity index (χ0v) is 19.0. The lowest BCUT2D eigenvalue weighted by Crippen LogP contribution is -2.30. The third-order valence-electron chi connectivity index (χ3n) is 3.74. The zero-order valence-electron chi connectivity index (χ0n) is 16.5. The Labute approximate surface area is 171 Å². The summed E-state index contributed by atoms with van der Waals surface area (Å²) in [6, 6.07) is 9.28. The number of sulfonamides is 1. The number of carbonyl (C=O) groups excluding carboxylic acids is 1. The first-order chi connectivity index (χ1) is 12.9. The second-order valence-corrected chi connectivity index (χ2v) is 14.7. The van der Waals surface area contributed by atoms with E-state index in [-0.39, 0.29) is 5.69 Å². The number of hydrogen-bond acceptors (Lipinski definition) is 7. The Kier molecular flexibility index (Phi) is 6.75. The normalized spacial score (nSPS) is 12.3. The van der Waals surface area contributed by atoms with Crippen LogP contribution in [0.2, 0.25) is 0 Å². The quantitative estimate of drug-likeness (QED) is 0.710. The first-order valence-electron chi connectivity index (χ1n) is 8.33. The van der Waals surface area contributed by atoms with Gasteiger partial charge in [0, 0.05) is 17.1 Å². The van der Waals surface area contributed by atoms with Crippen LogP contribution in [-0.4, -0.2) is 56.6 Å². The molecule has 0 unspecified atom stereocenters. The average Bonchev–Trinajstić information content (AvgIpc) is 2.95. The van der Waals surface area contributed by atoms with Gasteiger partial charge in [-0.3, -0.25) is 4.79 Å². The zero-order chi connectivity index (χ0) is 21.1. The van der Waals surface area contributed by atoms with Gasteiger partial charge in [-0.15, -0.1) is 11.3 Å². The summed E-state index contributed by atoms with van der Waals surface area (Å²) in [7, 11) is -4.43. The molecule has 1 heterocycles. The lowest BCUT2D eigenvalue weighted by atomic mass is 10.2. The van der Waals surface area contributed by atoms with Crippen molar-refractivity contribution in [1.82, 2.24) is 9.71 Å². The van der Waals surface area contributed by atoms with Gasteiger partial charge in [-0.05, 0) is 55.7 Å². The fourth-order valence-corrected chi connectivity index (χ4v) is 4.46. The van der Waals surface area contributed by atoms with Crippen LogP contribution in [0.5, 0.6) is 0 Å². The van der Waals surface area contributed by atoms with Gasteiger partial charge in [0.2, 0.25) is 10.0 Å². The summed E-state index contributed by atoms with van der Waals surface area (Å²) >= 11 is 1.34. The Hall–Kier alpha value is -2.09. The molecular weight excluding hydrogens is 416 g/mol. The number of nitrogens with one attached hydrogen (secondary N) is 1. The molecule has 7 nitrogen and oxygen atoms in total. The number of nitrogens with zero attached hydrogens (tertiary/aromatic N) is 3. The van der Waals surface area contributed by atoms with Gasteiger partial charge in [-0.2, -0.15) is 5.26 Å². The van der Waals surface area contributed by atoms with E-state index in [0.29, 0.717) is 22.1 Å². The molecule has 0 saturated carbocycles. The first kappa shape index (κ1) is 22.2. The number of aromatic nitrogens is 1. The van der Waals surface area contributed by atoms with E-state index in [9.17, 15) is 13.2 Å². The maximum atomic E-state index is 12.3. The van der Waals surface area contributed by atoms with Crippen molar-refractivity contribution in [2.75, 3.05) is 42.2 Å². The topological polar surface area (TPSA) is 103 Å². The van der Waals surface area contributed by atoms with E-state index in [0.717, 1.165) is 17.7 Å². The van der Waals surface area contributed by atoms with Crippen molar-refractivity contribution in [1.29, 1.82) is 5.26 Å². The van der Waals surface area contributed by atoms with Gasteiger partial charge in [-0.25, -0.2) is 28.2 Å². The third kappa shape index (κ3) is 6.22. The lowest BCUT2D eigenvalue weighted by Gasteiger charge is -2.30. The molecule has 152 valence electrons.